The lowest BCUT2D eigenvalue weighted by molar-refractivity contribution is 0.144. The van der Waals surface area contributed by atoms with E-state index < -0.39 is 6.43 Å². The first-order valence-corrected chi connectivity index (χ1v) is 6.53. The van der Waals surface area contributed by atoms with Gasteiger partial charge in [-0.05, 0) is 51.2 Å². The minimum atomic E-state index is -2.50. The van der Waals surface area contributed by atoms with Crippen LogP contribution >= 0.6 is 61.1 Å². The van der Waals surface area contributed by atoms with Crippen LogP contribution in [0.25, 0.3) is 0 Å². The first-order chi connectivity index (χ1) is 6.06. The summed E-state index contributed by atoms with van der Waals surface area (Å²) in [5, 5.41) is 0.502. The predicted octanol–water partition coefficient (Wildman–Crippen LogP) is 4.12. The van der Waals surface area contributed by atoms with Crippen LogP contribution in [-0.2, 0) is 5.33 Å². The molecule has 0 saturated heterocycles. The molecule has 0 fully saturated rings. The summed E-state index contributed by atoms with van der Waals surface area (Å²) in [4.78, 5) is 3.88. The number of hydrogen-bond donors (Lipinski definition) is 0. The Kier molecular flexibility index (Phi) is 4.76. The van der Waals surface area contributed by atoms with Crippen molar-refractivity contribution in [3.8, 4) is 0 Å². The molecule has 1 nitrogen and oxygen atoms in total. The molecule has 1 rings (SSSR count). The molecule has 0 aliphatic heterocycles. The molecular formula is C7H4BrF2I2N. The molecule has 0 radical (unpaired) electrons. The van der Waals surface area contributed by atoms with Crippen molar-refractivity contribution >= 4 is 61.1 Å². The number of aromatic nitrogens is 1. The third-order valence-corrected chi connectivity index (χ3v) is 3.69. The fraction of sp³-hybridized carbons (Fsp3) is 0.286. The average molecular weight is 474 g/mol. The van der Waals surface area contributed by atoms with E-state index in [1.54, 1.807) is 6.07 Å². The highest BCUT2D eigenvalue weighted by Gasteiger charge is 2.15. The molecule has 0 aliphatic rings. The average Bonchev–Trinajstić information content (AvgIpc) is 2.03. The van der Waals surface area contributed by atoms with Crippen LogP contribution in [0.3, 0.4) is 0 Å². The smallest absolute Gasteiger partial charge is 0.249 e. The van der Waals surface area contributed by atoms with E-state index in [1.807, 2.05) is 22.6 Å². The number of alkyl halides is 3. The van der Waals surface area contributed by atoms with Crippen LogP contribution in [0.1, 0.15) is 17.8 Å². The standard InChI is InChI=1S/C7H4BrF2I2N/c8-2-5-3(11)1-4(12)6(13-5)7(9)10/h1,7H,2H2. The second-order valence-electron chi connectivity index (χ2n) is 2.22. The van der Waals surface area contributed by atoms with Gasteiger partial charge in [-0.15, -0.1) is 0 Å². The van der Waals surface area contributed by atoms with Crippen molar-refractivity contribution in [2.24, 2.45) is 0 Å². The lowest BCUT2D eigenvalue weighted by atomic mass is 10.3. The minimum absolute atomic E-state index is 0.129. The highest BCUT2D eigenvalue weighted by Crippen LogP contribution is 2.26. The van der Waals surface area contributed by atoms with Crippen molar-refractivity contribution in [3.05, 3.63) is 24.6 Å². The van der Waals surface area contributed by atoms with Crippen LogP contribution < -0.4 is 0 Å². The van der Waals surface area contributed by atoms with Crippen molar-refractivity contribution in [2.45, 2.75) is 11.8 Å². The Labute approximate surface area is 110 Å². The second-order valence-corrected chi connectivity index (χ2v) is 5.10. The Morgan fingerprint density at radius 3 is 2.46 bits per heavy atom. The van der Waals surface area contributed by atoms with Gasteiger partial charge in [0.25, 0.3) is 6.43 Å². The largest absolute Gasteiger partial charge is 0.281 e. The number of nitrogens with zero attached hydrogens (tertiary/aromatic N) is 1. The lowest BCUT2D eigenvalue weighted by Gasteiger charge is -2.06. The highest BCUT2D eigenvalue weighted by molar-refractivity contribution is 14.1. The summed E-state index contributed by atoms with van der Waals surface area (Å²) in [6, 6.07) is 1.71. The fourth-order valence-electron chi connectivity index (χ4n) is 0.767. The molecular weight excluding hydrogens is 470 g/mol. The van der Waals surface area contributed by atoms with Gasteiger partial charge < -0.3 is 0 Å². The molecule has 0 aromatic carbocycles. The molecule has 0 N–H and O–H groups in total. The Hall–Kier alpha value is 0.950. The van der Waals surface area contributed by atoms with Crippen molar-refractivity contribution < 1.29 is 8.78 Å². The quantitative estimate of drug-likeness (QED) is 0.465. The Morgan fingerprint density at radius 1 is 1.38 bits per heavy atom. The van der Waals surface area contributed by atoms with Crippen LogP contribution in [-0.4, -0.2) is 4.98 Å². The van der Waals surface area contributed by atoms with Crippen LogP contribution in [0.15, 0.2) is 6.07 Å². The van der Waals surface area contributed by atoms with E-state index in [1.165, 1.54) is 0 Å². The van der Waals surface area contributed by atoms with Gasteiger partial charge in [0.15, 0.2) is 0 Å². The van der Waals surface area contributed by atoms with Gasteiger partial charge in [-0.1, -0.05) is 15.9 Å². The number of pyridine rings is 1. The SMILES string of the molecule is FC(F)c1nc(CBr)c(I)cc1I. The molecule has 0 amide bonds. The number of hydrogen-bond acceptors (Lipinski definition) is 1. The Balaban J connectivity index is 3.22. The summed E-state index contributed by atoms with van der Waals surface area (Å²) in [7, 11) is 0. The zero-order chi connectivity index (χ0) is 10.0. The summed E-state index contributed by atoms with van der Waals surface area (Å²) in [5.74, 6) is 0. The summed E-state index contributed by atoms with van der Waals surface area (Å²) in [6.45, 7) is 0. The van der Waals surface area contributed by atoms with E-state index in [0.717, 1.165) is 3.57 Å². The van der Waals surface area contributed by atoms with Crippen LogP contribution in [0, 0.1) is 7.14 Å². The molecule has 72 valence electrons. The normalized spacial score (nSPS) is 10.9. The summed E-state index contributed by atoms with van der Waals surface area (Å²) in [6.07, 6.45) is -2.50. The number of rotatable bonds is 2. The molecule has 0 aliphatic carbocycles. The third-order valence-electron chi connectivity index (χ3n) is 1.36. The molecule has 1 heterocycles. The molecule has 0 saturated carbocycles. The first kappa shape index (κ1) is 12.0. The molecule has 0 bridgehead atoms. The molecule has 0 spiro atoms. The fourth-order valence-corrected chi connectivity index (χ4v) is 3.61. The van der Waals surface area contributed by atoms with Gasteiger partial charge in [-0.2, -0.15) is 0 Å². The van der Waals surface area contributed by atoms with Gasteiger partial charge in [-0.3, -0.25) is 0 Å². The van der Waals surface area contributed by atoms with Crippen LogP contribution in [0.2, 0.25) is 0 Å². The maximum absolute atomic E-state index is 12.4. The van der Waals surface area contributed by atoms with E-state index >= 15 is 0 Å². The van der Waals surface area contributed by atoms with Crippen molar-refractivity contribution in [1.29, 1.82) is 0 Å². The van der Waals surface area contributed by atoms with Crippen molar-refractivity contribution in [1.82, 2.24) is 4.98 Å². The number of halogens is 5. The van der Waals surface area contributed by atoms with Gasteiger partial charge >= 0.3 is 0 Å². The molecule has 13 heavy (non-hydrogen) atoms. The summed E-state index contributed by atoms with van der Waals surface area (Å²) in [5.41, 5.74) is 0.534. The molecule has 0 atom stereocenters. The first-order valence-electron chi connectivity index (χ1n) is 3.25. The van der Waals surface area contributed by atoms with Crippen LogP contribution in [0.5, 0.6) is 0 Å². The van der Waals surface area contributed by atoms with E-state index in [0.29, 0.717) is 14.6 Å². The Morgan fingerprint density at radius 2 is 2.00 bits per heavy atom. The van der Waals surface area contributed by atoms with E-state index in [9.17, 15) is 8.78 Å². The molecule has 1 aromatic rings. The lowest BCUT2D eigenvalue weighted by Crippen LogP contribution is -2.00. The zero-order valence-electron chi connectivity index (χ0n) is 6.20. The van der Waals surface area contributed by atoms with Gasteiger partial charge in [-0.25, -0.2) is 13.8 Å². The maximum Gasteiger partial charge on any atom is 0.281 e. The van der Waals surface area contributed by atoms with Crippen molar-refractivity contribution in [3.63, 3.8) is 0 Å². The molecule has 6 heteroatoms. The molecule has 1 aromatic heterocycles. The zero-order valence-corrected chi connectivity index (χ0v) is 12.1. The second kappa shape index (κ2) is 5.15. The third kappa shape index (κ3) is 2.95. The van der Waals surface area contributed by atoms with E-state index in [2.05, 4.69) is 43.5 Å². The van der Waals surface area contributed by atoms with Gasteiger partial charge in [0.05, 0.1) is 5.69 Å². The van der Waals surface area contributed by atoms with Gasteiger partial charge in [0.2, 0.25) is 0 Å². The van der Waals surface area contributed by atoms with Crippen molar-refractivity contribution in [2.75, 3.05) is 0 Å². The Bertz CT molecular complexity index is 320. The minimum Gasteiger partial charge on any atom is -0.249 e. The summed E-state index contributed by atoms with van der Waals surface area (Å²) >= 11 is 7.16. The van der Waals surface area contributed by atoms with E-state index in [4.69, 9.17) is 0 Å². The van der Waals surface area contributed by atoms with Crippen LogP contribution in [0.4, 0.5) is 8.78 Å². The van der Waals surface area contributed by atoms with Gasteiger partial charge in [0.1, 0.15) is 5.69 Å². The monoisotopic (exact) mass is 473 g/mol. The topological polar surface area (TPSA) is 12.9 Å². The van der Waals surface area contributed by atoms with E-state index in [-0.39, 0.29) is 5.69 Å². The molecule has 0 unspecified atom stereocenters. The maximum atomic E-state index is 12.4. The predicted molar refractivity (Wildman–Crippen MR) is 67.3 cm³/mol. The summed E-state index contributed by atoms with van der Waals surface area (Å²) < 4.78 is 26.2. The highest BCUT2D eigenvalue weighted by atomic mass is 127. The van der Waals surface area contributed by atoms with Gasteiger partial charge in [0, 0.05) is 12.5 Å².